The fraction of sp³-hybridized carbons (Fsp3) is 0.643. The summed E-state index contributed by atoms with van der Waals surface area (Å²) in [5.74, 6) is -0.919. The van der Waals surface area contributed by atoms with Crippen molar-refractivity contribution in [3.05, 3.63) is 134 Å². The molecule has 0 aromatic heterocycles. The molecule has 0 rings (SSSR count). The molecule has 1 unspecified atom stereocenters. The van der Waals surface area contributed by atoms with Gasteiger partial charge in [-0.25, -0.2) is 0 Å². The van der Waals surface area contributed by atoms with Crippen LogP contribution in [-0.2, 0) is 28.6 Å². The Kier molecular flexibility index (Phi) is 59.4. The van der Waals surface area contributed by atoms with Crippen LogP contribution in [0.2, 0.25) is 0 Å². The van der Waals surface area contributed by atoms with Crippen molar-refractivity contribution in [1.82, 2.24) is 0 Å². The second-order valence-electron chi connectivity index (χ2n) is 20.2. The van der Waals surface area contributed by atoms with Crippen LogP contribution in [0.4, 0.5) is 0 Å². The third-order valence-corrected chi connectivity index (χ3v) is 12.9. The largest absolute Gasteiger partial charge is 0.462 e. The van der Waals surface area contributed by atoms with Crippen LogP contribution in [0.25, 0.3) is 0 Å². The third kappa shape index (κ3) is 60.4. The van der Waals surface area contributed by atoms with Gasteiger partial charge in [-0.15, -0.1) is 0 Å². The zero-order valence-electron chi connectivity index (χ0n) is 49.2. The van der Waals surface area contributed by atoms with Gasteiger partial charge in [0.05, 0.1) is 0 Å². The minimum atomic E-state index is -0.795. The summed E-state index contributed by atoms with van der Waals surface area (Å²) in [5, 5.41) is 0. The minimum absolute atomic E-state index is 0.0905. The first kappa shape index (κ1) is 71.5. The van der Waals surface area contributed by atoms with E-state index in [1.54, 1.807) is 0 Å². The molecule has 6 heteroatoms. The average Bonchev–Trinajstić information content (AvgIpc) is 3.42. The Morgan fingerprint density at radius 2 is 0.513 bits per heavy atom. The molecule has 0 fully saturated rings. The quantitative estimate of drug-likeness (QED) is 0.0261. The van der Waals surface area contributed by atoms with Crippen LogP contribution in [0.15, 0.2) is 134 Å². The highest BCUT2D eigenvalue weighted by Crippen LogP contribution is 2.15. The van der Waals surface area contributed by atoms with Crippen LogP contribution in [-0.4, -0.2) is 37.2 Å². The minimum Gasteiger partial charge on any atom is -0.462 e. The number of hydrogen-bond acceptors (Lipinski definition) is 6. The zero-order chi connectivity index (χ0) is 55.0. The molecule has 0 bridgehead atoms. The highest BCUT2D eigenvalue weighted by atomic mass is 16.6. The number of unbranched alkanes of at least 4 members (excludes halogenated alkanes) is 22. The van der Waals surface area contributed by atoms with Crippen molar-refractivity contribution < 1.29 is 28.6 Å². The Bertz CT molecular complexity index is 1630. The van der Waals surface area contributed by atoms with Crippen LogP contribution in [0.3, 0.4) is 0 Å². The lowest BCUT2D eigenvalue weighted by atomic mass is 10.1. The standard InChI is InChI=1S/C70H114O6/c1-4-7-10-13-16-19-22-24-26-28-30-32-33-34-35-36-37-39-40-42-44-46-48-51-54-57-60-63-69(72)75-66-67(65-74-68(71)62-59-56-53-50-21-18-15-12-9-6-3)76-70(73)64-61-58-55-52-49-47-45-43-41-38-31-29-27-25-23-20-17-14-11-8-5-2/h7-8,10-11,16-17,19-20,24-27,30-32,34-35,37-39,43,45,67H,4-6,9,12-15,18,21-23,28-29,33,36,40-42,44,46-66H2,1-3H3/b10-7-,11-8-,19-16-,20-17-,26-24-,27-25-,32-30-,35-34-,38-31-,39-37-,45-43-. The van der Waals surface area contributed by atoms with Gasteiger partial charge >= 0.3 is 17.9 Å². The molecule has 0 amide bonds. The molecule has 0 aliphatic carbocycles. The first-order chi connectivity index (χ1) is 37.5. The monoisotopic (exact) mass is 1050 g/mol. The van der Waals surface area contributed by atoms with E-state index in [4.69, 9.17) is 14.2 Å². The van der Waals surface area contributed by atoms with Crippen LogP contribution in [0.1, 0.15) is 271 Å². The zero-order valence-corrected chi connectivity index (χ0v) is 49.2. The molecule has 0 aliphatic rings. The Morgan fingerprint density at radius 1 is 0.276 bits per heavy atom. The molecule has 0 radical (unpaired) electrons. The van der Waals surface area contributed by atoms with E-state index in [0.29, 0.717) is 19.3 Å². The highest BCUT2D eigenvalue weighted by Gasteiger charge is 2.19. The van der Waals surface area contributed by atoms with E-state index in [-0.39, 0.29) is 31.1 Å². The van der Waals surface area contributed by atoms with Crippen molar-refractivity contribution in [3.8, 4) is 0 Å². The second kappa shape index (κ2) is 63.1. The smallest absolute Gasteiger partial charge is 0.306 e. The van der Waals surface area contributed by atoms with E-state index in [2.05, 4.69) is 154 Å². The molecule has 0 heterocycles. The Morgan fingerprint density at radius 3 is 0.803 bits per heavy atom. The maximum Gasteiger partial charge on any atom is 0.306 e. The van der Waals surface area contributed by atoms with Gasteiger partial charge in [0.15, 0.2) is 6.10 Å². The third-order valence-electron chi connectivity index (χ3n) is 12.9. The Labute approximate surface area is 468 Å². The maximum atomic E-state index is 12.9. The SMILES string of the molecule is CC/C=C\C/C=C\C/C=C\C/C=C\C/C=C\C/C=C\CCCCCCCCCCC(=O)OCC(COC(=O)CCCCCCCCCCCC)OC(=O)CCCCCCC/C=C\C/C=C\C/C=C\C/C=C\C/C=C\CC. The van der Waals surface area contributed by atoms with Gasteiger partial charge in [0.25, 0.3) is 0 Å². The Balaban J connectivity index is 4.34. The number of ether oxygens (including phenoxy) is 3. The molecule has 0 saturated carbocycles. The van der Waals surface area contributed by atoms with E-state index < -0.39 is 6.10 Å². The van der Waals surface area contributed by atoms with Gasteiger partial charge in [-0.2, -0.15) is 0 Å². The van der Waals surface area contributed by atoms with Crippen LogP contribution < -0.4 is 0 Å². The van der Waals surface area contributed by atoms with Gasteiger partial charge in [-0.05, 0) is 116 Å². The van der Waals surface area contributed by atoms with Crippen LogP contribution >= 0.6 is 0 Å². The highest BCUT2D eigenvalue weighted by molar-refractivity contribution is 5.71. The average molecular weight is 1050 g/mol. The van der Waals surface area contributed by atoms with Crippen molar-refractivity contribution in [2.45, 2.75) is 277 Å². The van der Waals surface area contributed by atoms with E-state index in [1.165, 1.54) is 77.0 Å². The van der Waals surface area contributed by atoms with Crippen molar-refractivity contribution >= 4 is 17.9 Å². The normalized spacial score (nSPS) is 13.0. The van der Waals surface area contributed by atoms with Crippen molar-refractivity contribution in [1.29, 1.82) is 0 Å². The fourth-order valence-corrected chi connectivity index (χ4v) is 8.30. The summed E-state index contributed by atoms with van der Waals surface area (Å²) in [5.41, 5.74) is 0. The van der Waals surface area contributed by atoms with Crippen molar-refractivity contribution in [2.75, 3.05) is 13.2 Å². The van der Waals surface area contributed by atoms with Gasteiger partial charge in [0.1, 0.15) is 13.2 Å². The topological polar surface area (TPSA) is 78.9 Å². The molecule has 0 saturated heterocycles. The molecule has 0 N–H and O–H groups in total. The molecule has 0 aromatic rings. The number of carbonyl (C=O) groups excluding carboxylic acids is 3. The summed E-state index contributed by atoms with van der Waals surface area (Å²) < 4.78 is 16.9. The first-order valence-corrected chi connectivity index (χ1v) is 31.2. The van der Waals surface area contributed by atoms with Gasteiger partial charge < -0.3 is 14.2 Å². The molecule has 1 atom stereocenters. The van der Waals surface area contributed by atoms with Gasteiger partial charge in [0.2, 0.25) is 0 Å². The second-order valence-corrected chi connectivity index (χ2v) is 20.2. The van der Waals surface area contributed by atoms with E-state index >= 15 is 0 Å². The van der Waals surface area contributed by atoms with E-state index in [0.717, 1.165) is 154 Å². The lowest BCUT2D eigenvalue weighted by molar-refractivity contribution is -0.167. The fourth-order valence-electron chi connectivity index (χ4n) is 8.30. The number of allylic oxidation sites excluding steroid dienone is 22. The first-order valence-electron chi connectivity index (χ1n) is 31.2. The van der Waals surface area contributed by atoms with Crippen molar-refractivity contribution in [2.24, 2.45) is 0 Å². The molecule has 76 heavy (non-hydrogen) atoms. The number of hydrogen-bond donors (Lipinski definition) is 0. The lowest BCUT2D eigenvalue weighted by Gasteiger charge is -2.18. The van der Waals surface area contributed by atoms with Gasteiger partial charge in [-0.3, -0.25) is 14.4 Å². The van der Waals surface area contributed by atoms with E-state index in [9.17, 15) is 14.4 Å². The number of esters is 3. The molecule has 430 valence electrons. The summed E-state index contributed by atoms with van der Waals surface area (Å²) in [6.07, 6.45) is 88.8. The number of carbonyl (C=O) groups is 3. The maximum absolute atomic E-state index is 12.9. The summed E-state index contributed by atoms with van der Waals surface area (Å²) in [4.78, 5) is 38.2. The number of rotatable bonds is 55. The Hall–Kier alpha value is -4.45. The summed E-state index contributed by atoms with van der Waals surface area (Å²) in [6, 6.07) is 0. The molecular formula is C70H114O6. The van der Waals surface area contributed by atoms with Crippen LogP contribution in [0, 0.1) is 0 Å². The molecule has 0 aliphatic heterocycles. The summed E-state index contributed by atoms with van der Waals surface area (Å²) in [7, 11) is 0. The van der Waals surface area contributed by atoms with Gasteiger partial charge in [-0.1, -0.05) is 270 Å². The summed E-state index contributed by atoms with van der Waals surface area (Å²) in [6.45, 7) is 6.38. The molecule has 6 nitrogen and oxygen atoms in total. The predicted molar refractivity (Wildman–Crippen MR) is 329 cm³/mol. The summed E-state index contributed by atoms with van der Waals surface area (Å²) >= 11 is 0. The van der Waals surface area contributed by atoms with Crippen molar-refractivity contribution in [3.63, 3.8) is 0 Å². The van der Waals surface area contributed by atoms with E-state index in [1.807, 2.05) is 0 Å². The van der Waals surface area contributed by atoms with Gasteiger partial charge in [0, 0.05) is 19.3 Å². The van der Waals surface area contributed by atoms with Crippen LogP contribution in [0.5, 0.6) is 0 Å². The lowest BCUT2D eigenvalue weighted by Crippen LogP contribution is -2.30. The predicted octanol–water partition coefficient (Wildman–Crippen LogP) is 21.4. The molecule has 0 aromatic carbocycles. The molecule has 0 spiro atoms. The molecular weight excluding hydrogens is 937 g/mol.